The third-order valence-corrected chi connectivity index (χ3v) is 13.1. The van der Waals surface area contributed by atoms with Gasteiger partial charge in [0.2, 0.25) is 29.6 Å². The van der Waals surface area contributed by atoms with Crippen LogP contribution in [0.25, 0.3) is 11.3 Å². The zero-order chi connectivity index (χ0) is 44.3. The summed E-state index contributed by atoms with van der Waals surface area (Å²) in [6.07, 6.45) is 3.45. The minimum absolute atomic E-state index is 0.00455. The summed E-state index contributed by atoms with van der Waals surface area (Å²) in [6, 6.07) is 12.1. The highest BCUT2D eigenvalue weighted by Crippen LogP contribution is 2.42. The second kappa shape index (κ2) is 16.4. The third-order valence-electron chi connectivity index (χ3n) is 13.1. The molecule has 3 atom stereocenters. The Labute approximate surface area is 364 Å². The maximum Gasteiger partial charge on any atom is 0.280 e. The first kappa shape index (κ1) is 41.9. The maximum absolute atomic E-state index is 15.5. The molecule has 0 aliphatic carbocycles. The van der Waals surface area contributed by atoms with Gasteiger partial charge in [-0.05, 0) is 80.0 Å². The fourth-order valence-electron chi connectivity index (χ4n) is 9.69. The van der Waals surface area contributed by atoms with Crippen LogP contribution in [-0.4, -0.2) is 102 Å². The number of guanidine groups is 1. The number of aryl methyl sites for hydroxylation is 2. The first-order valence-corrected chi connectivity index (χ1v) is 21.7. The first-order valence-electron chi connectivity index (χ1n) is 21.7. The van der Waals surface area contributed by atoms with Crippen molar-refractivity contribution in [2.45, 2.75) is 59.3 Å². The number of nitrogens with zero attached hydrogens (tertiary/aromatic N) is 8. The van der Waals surface area contributed by atoms with Crippen molar-refractivity contribution in [3.63, 3.8) is 0 Å². The van der Waals surface area contributed by atoms with Crippen LogP contribution in [0.3, 0.4) is 0 Å². The van der Waals surface area contributed by atoms with Gasteiger partial charge in [-0.15, -0.1) is 0 Å². The van der Waals surface area contributed by atoms with E-state index in [4.69, 9.17) is 9.72 Å². The first-order chi connectivity index (χ1) is 30.1. The van der Waals surface area contributed by atoms with Crippen LogP contribution in [0.2, 0.25) is 0 Å². The number of piperazine rings is 1. The Morgan fingerprint density at radius 2 is 1.68 bits per heavy atom. The molecule has 5 aliphatic rings. The summed E-state index contributed by atoms with van der Waals surface area (Å²) in [4.78, 5) is 69.5. The lowest BCUT2D eigenvalue weighted by atomic mass is 9.81. The highest BCUT2D eigenvalue weighted by atomic mass is 19.1. The van der Waals surface area contributed by atoms with Gasteiger partial charge in [0.25, 0.3) is 5.91 Å². The highest BCUT2D eigenvalue weighted by Gasteiger charge is 2.46. The maximum atomic E-state index is 15.5. The predicted octanol–water partition coefficient (Wildman–Crippen LogP) is 5.64. The molecule has 2 bridgehead atoms. The summed E-state index contributed by atoms with van der Waals surface area (Å²) >= 11 is 0. The molecule has 5 aliphatic heterocycles. The van der Waals surface area contributed by atoms with Crippen molar-refractivity contribution < 1.29 is 32.7 Å². The van der Waals surface area contributed by atoms with Crippen molar-refractivity contribution in [1.82, 2.24) is 25.0 Å². The van der Waals surface area contributed by atoms with Crippen LogP contribution in [-0.2, 0) is 21.4 Å². The summed E-state index contributed by atoms with van der Waals surface area (Å²) in [5.41, 5.74) is 4.63. The Hall–Kier alpha value is -6.39. The van der Waals surface area contributed by atoms with E-state index >= 15 is 8.78 Å². The third kappa shape index (κ3) is 8.08. The Bertz CT molecular complexity index is 2530. The normalized spacial score (nSPS) is 23.4. The van der Waals surface area contributed by atoms with Gasteiger partial charge < -0.3 is 29.7 Å². The molecule has 330 valence electrons. The number of fused-ring (bicyclic) bond motifs is 7. The molecule has 2 N–H and O–H groups in total. The van der Waals surface area contributed by atoms with Crippen LogP contribution in [0.5, 0.6) is 5.88 Å². The zero-order valence-corrected chi connectivity index (χ0v) is 36.2. The van der Waals surface area contributed by atoms with Gasteiger partial charge in [-0.2, -0.15) is 10.1 Å². The predicted molar refractivity (Wildman–Crippen MR) is 234 cm³/mol. The molecule has 15 nitrogen and oxygen atoms in total. The van der Waals surface area contributed by atoms with Gasteiger partial charge in [0.15, 0.2) is 0 Å². The molecule has 0 spiro atoms. The van der Waals surface area contributed by atoms with Gasteiger partial charge in [-0.25, -0.2) is 13.5 Å². The quantitative estimate of drug-likeness (QED) is 0.245. The fraction of sp³-hybridized carbons (Fsp3) is 0.457. The lowest BCUT2D eigenvalue weighted by Gasteiger charge is -2.39. The molecule has 0 saturated carbocycles. The van der Waals surface area contributed by atoms with Crippen LogP contribution in [0, 0.1) is 35.8 Å². The molecular weight excluding hydrogens is 811 g/mol. The van der Waals surface area contributed by atoms with E-state index in [0.29, 0.717) is 92.5 Å². The topological polar surface area (TPSA) is 158 Å². The summed E-state index contributed by atoms with van der Waals surface area (Å²) in [6.45, 7) is 12.1. The van der Waals surface area contributed by atoms with E-state index in [-0.39, 0.29) is 30.2 Å². The van der Waals surface area contributed by atoms with Gasteiger partial charge in [0.1, 0.15) is 11.6 Å². The number of rotatable bonds is 4. The lowest BCUT2D eigenvalue weighted by molar-refractivity contribution is -0.138. The molecule has 4 aromatic rings. The van der Waals surface area contributed by atoms with Gasteiger partial charge >= 0.3 is 0 Å². The average molecular weight is 863 g/mol. The van der Waals surface area contributed by atoms with Crippen LogP contribution >= 0.6 is 0 Å². The van der Waals surface area contributed by atoms with Crippen LogP contribution in [0.4, 0.5) is 31.5 Å². The summed E-state index contributed by atoms with van der Waals surface area (Å²) in [5.74, 6) is -3.44. The number of hydrogen-bond acceptors (Lipinski definition) is 11. The monoisotopic (exact) mass is 862 g/mol. The largest absolute Gasteiger partial charge is 0.477 e. The Morgan fingerprint density at radius 1 is 0.921 bits per heavy atom. The van der Waals surface area contributed by atoms with E-state index in [1.807, 2.05) is 49.8 Å². The number of nitrogens with one attached hydrogen (secondary N) is 2. The lowest BCUT2D eigenvalue weighted by Crippen LogP contribution is -2.52. The van der Waals surface area contributed by atoms with Crippen molar-refractivity contribution in [2.75, 3.05) is 72.4 Å². The SMILES string of the molecule is Cc1cc2cc(n1)-c1cnn(C)c1OCCC[C@@H](C)CN1/C(=N/C2=O)Nc2ccc(N3CCN(C(=O)[C@@H]4CN(c5cc(F)c([C@H]6CCC(=O)NC6=O)c(F)c5)CC4(C)C)CC3)cc21. The van der Waals surface area contributed by atoms with Crippen molar-refractivity contribution in [3.8, 4) is 17.1 Å². The molecule has 3 fully saturated rings. The minimum Gasteiger partial charge on any atom is -0.477 e. The number of aliphatic imine (C=N–C) groups is 1. The molecule has 0 radical (unpaired) electrons. The average Bonchev–Trinajstić information content (AvgIpc) is 3.89. The number of carbonyl (C=O) groups excluding carboxylic acids is 4. The van der Waals surface area contributed by atoms with E-state index in [9.17, 15) is 19.2 Å². The van der Waals surface area contributed by atoms with Gasteiger partial charge in [-0.3, -0.25) is 29.5 Å². The molecule has 0 unspecified atom stereocenters. The van der Waals surface area contributed by atoms with Crippen molar-refractivity contribution in [3.05, 3.63) is 77.1 Å². The number of halogens is 2. The summed E-state index contributed by atoms with van der Waals surface area (Å²) < 4.78 is 38.9. The number of amides is 4. The number of imide groups is 1. The molecule has 9 rings (SSSR count). The number of carbonyl (C=O) groups is 4. The fourth-order valence-corrected chi connectivity index (χ4v) is 9.69. The molecular formula is C46H52F2N10O5. The minimum atomic E-state index is -1.08. The second-order valence-corrected chi connectivity index (χ2v) is 18.2. The van der Waals surface area contributed by atoms with Gasteiger partial charge in [-0.1, -0.05) is 20.8 Å². The number of benzene rings is 2. The van der Waals surface area contributed by atoms with Crippen LogP contribution < -0.4 is 30.1 Å². The molecule has 63 heavy (non-hydrogen) atoms. The standard InChI is InChI=1S/C46H52F2N10O5/c1-26-7-6-16-63-44-32(22-49-54(44)5)37-18-28(17-27(2)50-37)41(60)53-45-51-36-10-8-29(21-38(36)58(45)23-26)55-12-14-56(15-13-55)43(62)33-24-57(25-46(33,3)4)30-19-34(47)40(35(48)20-30)31-9-11-39(59)52-42(31)61/h8,10,17-22,26,31,33H,6-7,9,11-16,23-25H2,1-5H3,(H,51,53,60)(H,52,59,61)/t26-,31-,33+/m1/s1. The number of anilines is 4. The molecule has 3 saturated heterocycles. The number of ether oxygens (including phenoxy) is 1. The van der Waals surface area contributed by atoms with Crippen LogP contribution in [0.15, 0.2) is 53.7 Å². The summed E-state index contributed by atoms with van der Waals surface area (Å²) in [5, 5.41) is 9.98. The zero-order valence-electron chi connectivity index (χ0n) is 36.2. The molecule has 7 heterocycles. The van der Waals surface area contributed by atoms with Crippen molar-refractivity contribution in [1.29, 1.82) is 0 Å². The van der Waals surface area contributed by atoms with E-state index in [1.165, 1.54) is 12.1 Å². The summed E-state index contributed by atoms with van der Waals surface area (Å²) in [7, 11) is 1.83. The molecule has 17 heteroatoms. The Balaban J connectivity index is 0.890. The van der Waals surface area contributed by atoms with E-state index in [0.717, 1.165) is 29.9 Å². The van der Waals surface area contributed by atoms with E-state index in [1.54, 1.807) is 23.0 Å². The Kier molecular flexibility index (Phi) is 10.9. The smallest absolute Gasteiger partial charge is 0.280 e. The second-order valence-electron chi connectivity index (χ2n) is 18.2. The number of aromatic nitrogens is 3. The number of piperidine rings is 1. The van der Waals surface area contributed by atoms with Crippen LogP contribution in [0.1, 0.15) is 74.0 Å². The molecule has 2 aromatic carbocycles. The van der Waals surface area contributed by atoms with E-state index < -0.39 is 46.6 Å². The van der Waals surface area contributed by atoms with Crippen molar-refractivity contribution >= 4 is 52.3 Å². The van der Waals surface area contributed by atoms with Crippen molar-refractivity contribution in [2.24, 2.45) is 29.3 Å². The van der Waals surface area contributed by atoms with Gasteiger partial charge in [0, 0.05) is 87.5 Å². The number of hydrogen-bond donors (Lipinski definition) is 2. The van der Waals surface area contributed by atoms with E-state index in [2.05, 4.69) is 43.5 Å². The molecule has 4 amide bonds. The number of pyridine rings is 1. The van der Waals surface area contributed by atoms with Gasteiger partial charge in [0.05, 0.1) is 47.3 Å². The highest BCUT2D eigenvalue weighted by molar-refractivity contribution is 6.19. The molecule has 2 aromatic heterocycles. The Morgan fingerprint density at radius 3 is 2.43 bits per heavy atom.